The van der Waals surface area contributed by atoms with Crippen molar-refractivity contribution >= 4 is 5.97 Å². The molecule has 4 saturated carbocycles. The Morgan fingerprint density at radius 1 is 0.918 bits per heavy atom. The number of carboxylic acid groups (broad SMARTS) is 1. The fraction of sp³-hybridized carbons (Fsp3) is 0.841. The third-order valence-electron chi connectivity index (χ3n) is 17.7. The Bertz CT molecular complexity index is 1380. The number of fused-ring (bicyclic) bond motifs is 7. The molecular formula is C44H68FNO3. The van der Waals surface area contributed by atoms with E-state index in [0.29, 0.717) is 53.8 Å². The fourth-order valence-corrected chi connectivity index (χ4v) is 14.7. The number of hydrogen-bond acceptors (Lipinski definition) is 3. The van der Waals surface area contributed by atoms with Crippen molar-refractivity contribution in [3.8, 4) is 0 Å². The zero-order valence-corrected chi connectivity index (χ0v) is 31.9. The van der Waals surface area contributed by atoms with Crippen LogP contribution in [0.25, 0.3) is 0 Å². The van der Waals surface area contributed by atoms with Gasteiger partial charge in [0.25, 0.3) is 0 Å². The van der Waals surface area contributed by atoms with Gasteiger partial charge in [-0.25, -0.2) is 4.39 Å². The van der Waals surface area contributed by atoms with Crippen LogP contribution in [-0.4, -0.2) is 43.0 Å². The van der Waals surface area contributed by atoms with Crippen LogP contribution < -0.4 is 5.32 Å². The number of halogens is 1. The molecule has 5 fully saturated rings. The van der Waals surface area contributed by atoms with Crippen molar-refractivity contribution < 1.29 is 19.0 Å². The lowest BCUT2D eigenvalue weighted by Gasteiger charge is -2.72. The SMILES string of the molecule is C=C(C)[C@@H]1CC[C@]2(NCCC3CCOCC3)CC[C@]3(C)[C@H](CC[C@@H]4[C@@]5(C)CC=C(C6=CCC(CF)(C(=O)O)CC6)C(C)(C)[C@@H]5CC[C@]43C)[C@@H]12. The van der Waals surface area contributed by atoms with Gasteiger partial charge in [-0.05, 0) is 178 Å². The molecule has 1 saturated heterocycles. The van der Waals surface area contributed by atoms with Crippen molar-refractivity contribution in [3.63, 3.8) is 0 Å². The molecule has 10 atom stereocenters. The number of alkyl halides is 1. The highest BCUT2D eigenvalue weighted by molar-refractivity contribution is 5.75. The quantitative estimate of drug-likeness (QED) is 0.251. The molecule has 2 N–H and O–H groups in total. The van der Waals surface area contributed by atoms with Gasteiger partial charge >= 0.3 is 5.97 Å². The van der Waals surface area contributed by atoms with Crippen LogP contribution in [0.3, 0.4) is 0 Å². The number of aliphatic carboxylic acids is 1. The lowest BCUT2D eigenvalue weighted by molar-refractivity contribution is -0.221. The number of rotatable bonds is 8. The minimum Gasteiger partial charge on any atom is -0.481 e. The highest BCUT2D eigenvalue weighted by Gasteiger charge is 2.70. The molecular weight excluding hydrogens is 609 g/mol. The Balaban J connectivity index is 1.15. The number of ether oxygens (including phenoxy) is 1. The molecule has 4 nitrogen and oxygen atoms in total. The second kappa shape index (κ2) is 12.6. The average molecular weight is 678 g/mol. The van der Waals surface area contributed by atoms with E-state index in [4.69, 9.17) is 4.74 Å². The molecule has 1 unspecified atom stereocenters. The maximum absolute atomic E-state index is 14.0. The van der Waals surface area contributed by atoms with Gasteiger partial charge in [-0.1, -0.05) is 58.9 Å². The summed E-state index contributed by atoms with van der Waals surface area (Å²) in [6, 6.07) is 0. The summed E-state index contributed by atoms with van der Waals surface area (Å²) in [5, 5.41) is 14.1. The largest absolute Gasteiger partial charge is 0.481 e. The van der Waals surface area contributed by atoms with E-state index >= 15 is 0 Å². The van der Waals surface area contributed by atoms with Gasteiger partial charge in [0.05, 0.1) is 5.41 Å². The Morgan fingerprint density at radius 3 is 2.33 bits per heavy atom. The summed E-state index contributed by atoms with van der Waals surface area (Å²) in [5.41, 5.74) is 4.07. The maximum Gasteiger partial charge on any atom is 0.312 e. The predicted molar refractivity (Wildman–Crippen MR) is 197 cm³/mol. The van der Waals surface area contributed by atoms with Gasteiger partial charge in [0, 0.05) is 18.8 Å². The summed E-state index contributed by atoms with van der Waals surface area (Å²) >= 11 is 0. The smallest absolute Gasteiger partial charge is 0.312 e. The summed E-state index contributed by atoms with van der Waals surface area (Å²) in [6.45, 7) is 22.3. The van der Waals surface area contributed by atoms with Crippen LogP contribution in [0, 0.1) is 62.6 Å². The fourth-order valence-electron chi connectivity index (χ4n) is 14.7. The molecule has 274 valence electrons. The molecule has 6 aliphatic carbocycles. The lowest BCUT2D eigenvalue weighted by atomic mass is 9.33. The summed E-state index contributed by atoms with van der Waals surface area (Å²) < 4.78 is 19.6. The lowest BCUT2D eigenvalue weighted by Crippen LogP contribution is -2.68. The minimum absolute atomic E-state index is 0.0173. The van der Waals surface area contributed by atoms with Crippen LogP contribution in [0.5, 0.6) is 0 Å². The Hall–Kier alpha value is -1.46. The normalized spacial score (nSPS) is 46.4. The van der Waals surface area contributed by atoms with Crippen LogP contribution in [-0.2, 0) is 9.53 Å². The van der Waals surface area contributed by atoms with E-state index in [1.165, 1.54) is 87.3 Å². The maximum atomic E-state index is 14.0. The Kier molecular flexibility index (Phi) is 9.23. The molecule has 7 rings (SSSR count). The van der Waals surface area contributed by atoms with Crippen LogP contribution in [0.15, 0.2) is 35.5 Å². The predicted octanol–water partition coefficient (Wildman–Crippen LogP) is 10.5. The van der Waals surface area contributed by atoms with E-state index < -0.39 is 18.1 Å². The first-order valence-corrected chi connectivity index (χ1v) is 20.4. The Labute approximate surface area is 297 Å². The number of carboxylic acids is 1. The van der Waals surface area contributed by atoms with Crippen LogP contribution >= 0.6 is 0 Å². The molecule has 49 heavy (non-hydrogen) atoms. The van der Waals surface area contributed by atoms with Crippen molar-refractivity contribution in [2.24, 2.45) is 62.6 Å². The van der Waals surface area contributed by atoms with Gasteiger partial charge in [-0.15, -0.1) is 0 Å². The first kappa shape index (κ1) is 35.9. The van der Waals surface area contributed by atoms with E-state index in [-0.39, 0.29) is 16.4 Å². The number of carbonyl (C=O) groups is 1. The highest BCUT2D eigenvalue weighted by atomic mass is 19.1. The topological polar surface area (TPSA) is 58.6 Å². The van der Waals surface area contributed by atoms with E-state index in [0.717, 1.165) is 38.0 Å². The number of nitrogens with one attached hydrogen (secondary N) is 1. The van der Waals surface area contributed by atoms with Crippen molar-refractivity contribution in [1.29, 1.82) is 0 Å². The van der Waals surface area contributed by atoms with Crippen molar-refractivity contribution in [2.45, 2.75) is 143 Å². The van der Waals surface area contributed by atoms with E-state index in [1.807, 2.05) is 0 Å². The standard InChI is InChI=1S/C44H68FNO3/c1-29(2)32-12-22-44(46-25-15-30-16-26-49-27-17-30)24-23-41(6)34(37(32)44)8-9-36-40(5)18-13-33(39(3,4)35(40)14-19-42(36,41)7)31-10-20-43(28-45,21-11-31)38(47)48/h10,13,30,32,34-37,46H,1,8-9,11-12,14-28H2,2-7H3,(H,47,48)/t32-,34+,35-,36+,37+,40-,41+,42+,43?,44-/m0/s1. The monoisotopic (exact) mass is 678 g/mol. The third kappa shape index (κ3) is 5.34. The Morgan fingerprint density at radius 2 is 1.67 bits per heavy atom. The molecule has 0 bridgehead atoms. The van der Waals surface area contributed by atoms with Gasteiger partial charge in [0.2, 0.25) is 0 Å². The van der Waals surface area contributed by atoms with Crippen LogP contribution in [0.2, 0.25) is 0 Å². The van der Waals surface area contributed by atoms with Crippen molar-refractivity contribution in [1.82, 2.24) is 5.32 Å². The molecule has 0 aromatic heterocycles. The zero-order chi connectivity index (χ0) is 35.0. The molecule has 1 aliphatic heterocycles. The second-order valence-electron chi connectivity index (χ2n) is 19.8. The first-order chi connectivity index (χ1) is 23.2. The average Bonchev–Trinajstić information content (AvgIpc) is 3.45. The number of hydrogen-bond donors (Lipinski definition) is 2. The summed E-state index contributed by atoms with van der Waals surface area (Å²) in [7, 11) is 0. The summed E-state index contributed by atoms with van der Waals surface area (Å²) in [4.78, 5) is 12.0. The van der Waals surface area contributed by atoms with Crippen molar-refractivity contribution in [3.05, 3.63) is 35.5 Å². The third-order valence-corrected chi connectivity index (χ3v) is 17.7. The molecule has 0 aromatic rings. The van der Waals surface area contributed by atoms with Gasteiger partial charge in [-0.2, -0.15) is 0 Å². The van der Waals surface area contributed by atoms with E-state index in [2.05, 4.69) is 65.6 Å². The van der Waals surface area contributed by atoms with Gasteiger partial charge in [-0.3, -0.25) is 4.79 Å². The van der Waals surface area contributed by atoms with Crippen LogP contribution in [0.4, 0.5) is 4.39 Å². The number of allylic oxidation sites excluding steroid dienone is 5. The van der Waals surface area contributed by atoms with Gasteiger partial charge in [0.1, 0.15) is 6.67 Å². The summed E-state index contributed by atoms with van der Waals surface area (Å²) in [5.74, 6) is 3.18. The van der Waals surface area contributed by atoms with E-state index in [1.54, 1.807) is 0 Å². The zero-order valence-electron chi connectivity index (χ0n) is 31.9. The van der Waals surface area contributed by atoms with Crippen molar-refractivity contribution in [2.75, 3.05) is 26.4 Å². The molecule has 1 heterocycles. The molecule has 0 aromatic carbocycles. The van der Waals surface area contributed by atoms with E-state index in [9.17, 15) is 14.3 Å². The second-order valence-corrected chi connectivity index (χ2v) is 19.8. The van der Waals surface area contributed by atoms with Gasteiger partial charge in [0.15, 0.2) is 0 Å². The highest BCUT2D eigenvalue weighted by Crippen LogP contribution is 2.76. The van der Waals surface area contributed by atoms with Gasteiger partial charge < -0.3 is 15.2 Å². The molecule has 0 radical (unpaired) electrons. The molecule has 0 amide bonds. The molecule has 5 heteroatoms. The molecule has 7 aliphatic rings. The van der Waals surface area contributed by atoms with Crippen LogP contribution in [0.1, 0.15) is 138 Å². The molecule has 0 spiro atoms. The minimum atomic E-state index is -1.24. The summed E-state index contributed by atoms with van der Waals surface area (Å²) in [6.07, 6.45) is 21.4. The first-order valence-electron chi connectivity index (χ1n) is 20.4.